The third kappa shape index (κ3) is 3.29. The Bertz CT molecular complexity index is 1630. The first-order valence-corrected chi connectivity index (χ1v) is 10.8. The van der Waals surface area contributed by atoms with Gasteiger partial charge in [0.15, 0.2) is 11.6 Å². The number of para-hydroxylation sites is 1. The summed E-state index contributed by atoms with van der Waals surface area (Å²) in [5, 5.41) is 10.8. The molecule has 0 saturated heterocycles. The summed E-state index contributed by atoms with van der Waals surface area (Å²) in [6.45, 7) is 4.06. The summed E-state index contributed by atoms with van der Waals surface area (Å²) in [5.41, 5.74) is 5.83. The topological polar surface area (TPSA) is 108 Å². The molecule has 0 aliphatic carbocycles. The Morgan fingerprint density at radius 1 is 1.03 bits per heavy atom. The quantitative estimate of drug-likeness (QED) is 0.305. The molecule has 0 aliphatic rings. The van der Waals surface area contributed by atoms with Crippen LogP contribution in [0.25, 0.3) is 55.8 Å². The first kappa shape index (κ1) is 20.1. The fourth-order valence-corrected chi connectivity index (χ4v) is 4.12. The number of aromatic nitrogens is 6. The number of anilines is 1. The number of furan rings is 1. The minimum Gasteiger partial charge on any atom is -0.472 e. The normalized spacial score (nSPS) is 11.6. The van der Waals surface area contributed by atoms with E-state index < -0.39 is 5.82 Å². The Morgan fingerprint density at radius 3 is 2.76 bits per heavy atom. The molecule has 5 heterocycles. The largest absolute Gasteiger partial charge is 0.472 e. The van der Waals surface area contributed by atoms with E-state index in [0.717, 1.165) is 27.8 Å². The predicted octanol–water partition coefficient (Wildman–Crippen LogP) is 5.78. The van der Waals surface area contributed by atoms with Crippen LogP contribution in [-0.2, 0) is 0 Å². The van der Waals surface area contributed by atoms with Gasteiger partial charge in [-0.05, 0) is 32.0 Å². The van der Waals surface area contributed by atoms with Crippen LogP contribution in [0.3, 0.4) is 0 Å². The zero-order chi connectivity index (χ0) is 23.2. The number of aromatic amines is 2. The van der Waals surface area contributed by atoms with E-state index in [1.54, 1.807) is 31.1 Å². The lowest BCUT2D eigenvalue weighted by atomic mass is 10.1. The molecule has 6 rings (SSSR count). The molecule has 0 atom stereocenters. The molecule has 8 nitrogen and oxygen atoms in total. The van der Waals surface area contributed by atoms with Gasteiger partial charge in [-0.2, -0.15) is 5.10 Å². The standard InChI is InChI=1S/C25H20FN7O/c1-13(2)29-16-8-15(9-27-10-16)22-21(26)20-19(11-28-22)32-33-24(20)25-30-18-5-3-4-17(23(18)31-25)14-6-7-34-12-14/h3-13,29H,1-2H3,(H,30,31)(H,32,33). The molecule has 0 amide bonds. The summed E-state index contributed by atoms with van der Waals surface area (Å²) in [6, 6.07) is 9.76. The monoisotopic (exact) mass is 453 g/mol. The number of nitrogens with one attached hydrogen (secondary N) is 3. The van der Waals surface area contributed by atoms with Crippen LogP contribution in [-0.4, -0.2) is 36.2 Å². The van der Waals surface area contributed by atoms with Crippen molar-refractivity contribution >= 4 is 27.6 Å². The van der Waals surface area contributed by atoms with Crippen LogP contribution in [0.5, 0.6) is 0 Å². The number of nitrogens with zero attached hydrogens (tertiary/aromatic N) is 4. The molecule has 6 aromatic rings. The maximum Gasteiger partial charge on any atom is 0.161 e. The van der Waals surface area contributed by atoms with Gasteiger partial charge in [0.2, 0.25) is 0 Å². The third-order valence-electron chi connectivity index (χ3n) is 5.58. The number of benzene rings is 1. The molecule has 3 N–H and O–H groups in total. The number of pyridine rings is 2. The number of H-pyrrole nitrogens is 2. The zero-order valence-electron chi connectivity index (χ0n) is 18.4. The lowest BCUT2D eigenvalue weighted by Gasteiger charge is -2.11. The van der Waals surface area contributed by atoms with E-state index in [-0.39, 0.29) is 11.7 Å². The number of imidazole rings is 1. The van der Waals surface area contributed by atoms with Crippen molar-refractivity contribution in [2.24, 2.45) is 0 Å². The second kappa shape index (κ2) is 7.80. The van der Waals surface area contributed by atoms with Crippen molar-refractivity contribution in [2.45, 2.75) is 19.9 Å². The van der Waals surface area contributed by atoms with E-state index in [2.05, 4.69) is 30.5 Å². The molecule has 0 bridgehead atoms. The smallest absolute Gasteiger partial charge is 0.161 e. The summed E-state index contributed by atoms with van der Waals surface area (Å²) < 4.78 is 21.1. The van der Waals surface area contributed by atoms with Gasteiger partial charge in [0, 0.05) is 35.1 Å². The van der Waals surface area contributed by atoms with E-state index in [1.165, 1.54) is 0 Å². The number of fused-ring (bicyclic) bond motifs is 2. The molecule has 0 aliphatic heterocycles. The van der Waals surface area contributed by atoms with Crippen molar-refractivity contribution in [1.29, 1.82) is 0 Å². The second-order valence-corrected chi connectivity index (χ2v) is 8.34. The van der Waals surface area contributed by atoms with Gasteiger partial charge in [0.25, 0.3) is 0 Å². The molecule has 0 saturated carbocycles. The molecule has 34 heavy (non-hydrogen) atoms. The third-order valence-corrected chi connectivity index (χ3v) is 5.58. The van der Waals surface area contributed by atoms with Crippen LogP contribution >= 0.6 is 0 Å². The van der Waals surface area contributed by atoms with Crippen LogP contribution in [0.4, 0.5) is 10.1 Å². The van der Waals surface area contributed by atoms with Gasteiger partial charge in [-0.25, -0.2) is 9.37 Å². The van der Waals surface area contributed by atoms with Crippen molar-refractivity contribution in [2.75, 3.05) is 5.32 Å². The molecular formula is C25H20FN7O. The van der Waals surface area contributed by atoms with Gasteiger partial charge in [0.1, 0.15) is 11.4 Å². The number of hydrogen-bond donors (Lipinski definition) is 3. The summed E-state index contributed by atoms with van der Waals surface area (Å²) in [7, 11) is 0. The highest BCUT2D eigenvalue weighted by Crippen LogP contribution is 2.34. The average Bonchev–Trinajstić information content (AvgIpc) is 3.57. The molecule has 5 aromatic heterocycles. The summed E-state index contributed by atoms with van der Waals surface area (Å²) in [6.07, 6.45) is 8.16. The average molecular weight is 453 g/mol. The van der Waals surface area contributed by atoms with Crippen molar-refractivity contribution in [3.63, 3.8) is 0 Å². The summed E-state index contributed by atoms with van der Waals surface area (Å²) in [4.78, 5) is 16.6. The van der Waals surface area contributed by atoms with Crippen LogP contribution in [0.1, 0.15) is 13.8 Å². The lowest BCUT2D eigenvalue weighted by molar-refractivity contribution is 0.568. The van der Waals surface area contributed by atoms with Gasteiger partial charge in [-0.3, -0.25) is 15.1 Å². The van der Waals surface area contributed by atoms with Gasteiger partial charge in [-0.15, -0.1) is 0 Å². The van der Waals surface area contributed by atoms with Gasteiger partial charge < -0.3 is 14.7 Å². The van der Waals surface area contributed by atoms with Crippen molar-refractivity contribution < 1.29 is 8.81 Å². The molecular weight excluding hydrogens is 433 g/mol. The Balaban J connectivity index is 1.50. The first-order chi connectivity index (χ1) is 16.6. The highest BCUT2D eigenvalue weighted by Gasteiger charge is 2.21. The number of hydrogen-bond acceptors (Lipinski definition) is 6. The van der Waals surface area contributed by atoms with Crippen molar-refractivity contribution in [1.82, 2.24) is 30.1 Å². The molecule has 9 heteroatoms. The minimum absolute atomic E-state index is 0.199. The number of rotatable bonds is 5. The molecule has 1 aromatic carbocycles. The van der Waals surface area contributed by atoms with Gasteiger partial charge >= 0.3 is 0 Å². The molecule has 0 fully saturated rings. The Kier molecular flexibility index (Phi) is 4.61. The van der Waals surface area contributed by atoms with E-state index in [4.69, 9.17) is 9.40 Å². The van der Waals surface area contributed by atoms with Gasteiger partial charge in [-0.1, -0.05) is 12.1 Å². The first-order valence-electron chi connectivity index (χ1n) is 10.8. The highest BCUT2D eigenvalue weighted by atomic mass is 19.1. The van der Waals surface area contributed by atoms with E-state index >= 15 is 4.39 Å². The minimum atomic E-state index is -0.486. The second-order valence-electron chi connectivity index (χ2n) is 8.34. The van der Waals surface area contributed by atoms with Crippen molar-refractivity contribution in [3.8, 4) is 33.9 Å². The Hall–Kier alpha value is -4.53. The maximum absolute atomic E-state index is 15.9. The van der Waals surface area contributed by atoms with E-state index in [0.29, 0.717) is 28.0 Å². The SMILES string of the molecule is CC(C)Nc1cncc(-c2ncc3[nH]nc(-c4nc5c(-c6ccoc6)cccc5[nH]4)c3c2F)c1. The molecule has 0 unspecified atom stereocenters. The van der Waals surface area contributed by atoms with Crippen LogP contribution in [0, 0.1) is 5.82 Å². The Labute approximate surface area is 193 Å². The number of halogens is 1. The maximum atomic E-state index is 15.9. The van der Waals surface area contributed by atoms with E-state index in [1.807, 2.05) is 44.2 Å². The predicted molar refractivity (Wildman–Crippen MR) is 129 cm³/mol. The fraction of sp³-hybridized carbons (Fsp3) is 0.120. The van der Waals surface area contributed by atoms with Crippen molar-refractivity contribution in [3.05, 3.63) is 67.3 Å². The van der Waals surface area contributed by atoms with Crippen LogP contribution in [0.15, 0.2) is 65.9 Å². The van der Waals surface area contributed by atoms with Crippen LogP contribution < -0.4 is 5.32 Å². The zero-order valence-corrected chi connectivity index (χ0v) is 18.4. The van der Waals surface area contributed by atoms with Gasteiger partial charge in [0.05, 0.1) is 46.3 Å². The summed E-state index contributed by atoms with van der Waals surface area (Å²) in [5.74, 6) is -0.0261. The summed E-state index contributed by atoms with van der Waals surface area (Å²) >= 11 is 0. The molecule has 0 radical (unpaired) electrons. The molecule has 0 spiro atoms. The van der Waals surface area contributed by atoms with E-state index in [9.17, 15) is 0 Å². The molecule has 168 valence electrons. The highest BCUT2D eigenvalue weighted by molar-refractivity contribution is 5.98. The fourth-order valence-electron chi connectivity index (χ4n) is 4.12. The Morgan fingerprint density at radius 2 is 1.94 bits per heavy atom. The van der Waals surface area contributed by atoms with Crippen LogP contribution in [0.2, 0.25) is 0 Å². The lowest BCUT2D eigenvalue weighted by Crippen LogP contribution is -2.09.